The van der Waals surface area contributed by atoms with Crippen molar-refractivity contribution in [1.82, 2.24) is 0 Å². The first-order valence-electron chi connectivity index (χ1n) is 4.33. The van der Waals surface area contributed by atoms with Crippen molar-refractivity contribution in [3.63, 3.8) is 0 Å². The zero-order valence-electron chi connectivity index (χ0n) is 7.67. The highest BCUT2D eigenvalue weighted by Crippen LogP contribution is 2.30. The molecule has 15 heavy (non-hydrogen) atoms. The molecule has 0 heterocycles. The molecule has 2 rings (SSSR count). The minimum Gasteiger partial charge on any atom is -0.508 e. The van der Waals surface area contributed by atoms with Gasteiger partial charge in [0.05, 0.1) is 5.02 Å². The van der Waals surface area contributed by atoms with Crippen molar-refractivity contribution < 1.29 is 9.50 Å². The largest absolute Gasteiger partial charge is 0.508 e. The van der Waals surface area contributed by atoms with Crippen molar-refractivity contribution in [2.75, 3.05) is 0 Å². The van der Waals surface area contributed by atoms with E-state index in [1.54, 1.807) is 12.1 Å². The van der Waals surface area contributed by atoms with Gasteiger partial charge in [-0.3, -0.25) is 0 Å². The molecule has 0 saturated carbocycles. The SMILES string of the molecule is Oc1c[c]c(-c2cccc(F)c2)c(Cl)c1. The Morgan fingerprint density at radius 3 is 2.73 bits per heavy atom. The van der Waals surface area contributed by atoms with Gasteiger partial charge in [-0.2, -0.15) is 0 Å². The first-order chi connectivity index (χ1) is 7.16. The molecular formula is C12H7ClFO. The Bertz CT molecular complexity index is 497. The van der Waals surface area contributed by atoms with Crippen LogP contribution in [0.25, 0.3) is 11.1 Å². The van der Waals surface area contributed by atoms with Crippen molar-refractivity contribution in [3.8, 4) is 16.9 Å². The topological polar surface area (TPSA) is 20.2 Å². The van der Waals surface area contributed by atoms with E-state index in [2.05, 4.69) is 6.07 Å². The maximum atomic E-state index is 13.0. The van der Waals surface area contributed by atoms with Gasteiger partial charge >= 0.3 is 0 Å². The maximum absolute atomic E-state index is 13.0. The summed E-state index contributed by atoms with van der Waals surface area (Å²) in [5, 5.41) is 9.50. The first kappa shape index (κ1) is 9.99. The highest BCUT2D eigenvalue weighted by molar-refractivity contribution is 6.33. The van der Waals surface area contributed by atoms with Crippen molar-refractivity contribution >= 4 is 11.6 Å². The molecule has 1 nitrogen and oxygen atoms in total. The van der Waals surface area contributed by atoms with Crippen LogP contribution >= 0.6 is 11.6 Å². The molecule has 3 heteroatoms. The molecular weight excluding hydrogens is 215 g/mol. The third kappa shape index (κ3) is 2.10. The molecule has 0 aromatic heterocycles. The quantitative estimate of drug-likeness (QED) is 0.779. The van der Waals surface area contributed by atoms with Gasteiger partial charge in [-0.05, 0) is 35.9 Å². The van der Waals surface area contributed by atoms with Gasteiger partial charge in [0.25, 0.3) is 0 Å². The summed E-state index contributed by atoms with van der Waals surface area (Å²) in [6.45, 7) is 0. The van der Waals surface area contributed by atoms with Gasteiger partial charge in [-0.15, -0.1) is 0 Å². The fourth-order valence-corrected chi connectivity index (χ4v) is 1.60. The molecule has 0 fully saturated rings. The molecule has 0 atom stereocenters. The summed E-state index contributed by atoms with van der Waals surface area (Å²) in [7, 11) is 0. The lowest BCUT2D eigenvalue weighted by molar-refractivity contribution is 0.475. The van der Waals surface area contributed by atoms with Crippen LogP contribution in [0.4, 0.5) is 4.39 Å². The van der Waals surface area contributed by atoms with E-state index in [1.807, 2.05) is 0 Å². The Labute approximate surface area is 91.8 Å². The van der Waals surface area contributed by atoms with E-state index >= 15 is 0 Å². The lowest BCUT2D eigenvalue weighted by Crippen LogP contribution is -1.81. The Hall–Kier alpha value is -1.54. The summed E-state index contributed by atoms with van der Waals surface area (Å²) < 4.78 is 13.0. The predicted octanol–water partition coefficient (Wildman–Crippen LogP) is 3.65. The first-order valence-corrected chi connectivity index (χ1v) is 4.71. The van der Waals surface area contributed by atoms with E-state index in [-0.39, 0.29) is 11.6 Å². The number of halogens is 2. The number of rotatable bonds is 1. The van der Waals surface area contributed by atoms with Gasteiger partial charge in [0.2, 0.25) is 0 Å². The highest BCUT2D eigenvalue weighted by atomic mass is 35.5. The summed E-state index contributed by atoms with van der Waals surface area (Å²) in [5.41, 5.74) is 1.22. The summed E-state index contributed by atoms with van der Waals surface area (Å²) in [6.07, 6.45) is 0. The number of phenols is 1. The van der Waals surface area contributed by atoms with Gasteiger partial charge in [0.1, 0.15) is 11.6 Å². The maximum Gasteiger partial charge on any atom is 0.123 e. The summed E-state index contributed by atoms with van der Waals surface area (Å²) in [5.74, 6) is -0.287. The lowest BCUT2D eigenvalue weighted by atomic mass is 10.1. The second kappa shape index (κ2) is 3.91. The summed E-state index contributed by atoms with van der Waals surface area (Å²) >= 11 is 5.90. The van der Waals surface area contributed by atoms with E-state index in [9.17, 15) is 4.39 Å². The molecule has 0 aliphatic heterocycles. The average Bonchev–Trinajstić information content (AvgIpc) is 2.17. The van der Waals surface area contributed by atoms with E-state index in [0.29, 0.717) is 16.1 Å². The number of aromatic hydroxyl groups is 1. The zero-order valence-corrected chi connectivity index (χ0v) is 8.42. The van der Waals surface area contributed by atoms with Crippen molar-refractivity contribution in [2.45, 2.75) is 0 Å². The molecule has 1 N–H and O–H groups in total. The van der Waals surface area contributed by atoms with Crippen LogP contribution in [0.15, 0.2) is 36.4 Å². The van der Waals surface area contributed by atoms with Gasteiger partial charge in [-0.1, -0.05) is 23.7 Å². The highest BCUT2D eigenvalue weighted by Gasteiger charge is 2.05. The van der Waals surface area contributed by atoms with E-state index < -0.39 is 0 Å². The van der Waals surface area contributed by atoms with Crippen molar-refractivity contribution in [2.24, 2.45) is 0 Å². The third-order valence-electron chi connectivity index (χ3n) is 1.99. The normalized spacial score (nSPS) is 10.3. The van der Waals surface area contributed by atoms with Crippen LogP contribution in [-0.4, -0.2) is 5.11 Å². The number of benzene rings is 2. The fraction of sp³-hybridized carbons (Fsp3) is 0. The number of hydrogen-bond donors (Lipinski definition) is 1. The second-order valence-corrected chi connectivity index (χ2v) is 3.50. The number of hydrogen-bond acceptors (Lipinski definition) is 1. The van der Waals surface area contributed by atoms with Crippen molar-refractivity contribution in [1.29, 1.82) is 0 Å². The van der Waals surface area contributed by atoms with E-state index in [0.717, 1.165) is 0 Å². The molecule has 0 amide bonds. The zero-order chi connectivity index (χ0) is 10.8. The summed E-state index contributed by atoms with van der Waals surface area (Å²) in [4.78, 5) is 0. The standard InChI is InChI=1S/C12H7ClFO/c13-12-7-10(15)4-5-11(12)8-2-1-3-9(14)6-8/h1-4,6-7,15H. The van der Waals surface area contributed by atoms with E-state index in [1.165, 1.54) is 24.3 Å². The molecule has 0 bridgehead atoms. The number of phenolic OH excluding ortho intramolecular Hbond substituents is 1. The van der Waals surface area contributed by atoms with Gasteiger partial charge < -0.3 is 5.11 Å². The summed E-state index contributed by atoms with van der Waals surface area (Å²) in [6, 6.07) is 11.7. The Kier molecular flexibility index (Phi) is 2.60. The molecule has 75 valence electrons. The van der Waals surface area contributed by atoms with Gasteiger partial charge in [0, 0.05) is 5.56 Å². The predicted molar refractivity (Wildman–Crippen MR) is 57.3 cm³/mol. The molecule has 0 spiro atoms. The van der Waals surface area contributed by atoms with Gasteiger partial charge in [-0.25, -0.2) is 4.39 Å². The molecule has 0 aliphatic rings. The van der Waals surface area contributed by atoms with Crippen LogP contribution in [-0.2, 0) is 0 Å². The van der Waals surface area contributed by atoms with Crippen LogP contribution in [0.2, 0.25) is 5.02 Å². The Balaban J connectivity index is 2.54. The Morgan fingerprint density at radius 1 is 1.27 bits per heavy atom. The van der Waals surface area contributed by atoms with Crippen LogP contribution in [0.3, 0.4) is 0 Å². The third-order valence-corrected chi connectivity index (χ3v) is 2.29. The Morgan fingerprint density at radius 2 is 2.07 bits per heavy atom. The molecule has 1 radical (unpaired) electrons. The average molecular weight is 222 g/mol. The smallest absolute Gasteiger partial charge is 0.123 e. The second-order valence-electron chi connectivity index (χ2n) is 3.09. The molecule has 0 unspecified atom stereocenters. The molecule has 0 saturated heterocycles. The fourth-order valence-electron chi connectivity index (χ4n) is 1.32. The van der Waals surface area contributed by atoms with Crippen LogP contribution in [0, 0.1) is 11.9 Å². The molecule has 2 aromatic carbocycles. The van der Waals surface area contributed by atoms with Crippen LogP contribution in [0.5, 0.6) is 5.75 Å². The van der Waals surface area contributed by atoms with Crippen LogP contribution in [0.1, 0.15) is 0 Å². The van der Waals surface area contributed by atoms with E-state index in [4.69, 9.17) is 16.7 Å². The minimum absolute atomic E-state index is 0.0418. The minimum atomic E-state index is -0.329. The molecule has 2 aromatic rings. The van der Waals surface area contributed by atoms with Crippen LogP contribution < -0.4 is 0 Å². The monoisotopic (exact) mass is 221 g/mol. The van der Waals surface area contributed by atoms with Crippen molar-refractivity contribution in [3.05, 3.63) is 53.3 Å². The molecule has 0 aliphatic carbocycles. The van der Waals surface area contributed by atoms with Gasteiger partial charge in [0.15, 0.2) is 0 Å². The lowest BCUT2D eigenvalue weighted by Gasteiger charge is -2.04.